The molecule has 0 N–H and O–H groups in total. The third-order valence-corrected chi connectivity index (χ3v) is 4.44. The van der Waals surface area contributed by atoms with E-state index in [0.29, 0.717) is 18.1 Å². The Morgan fingerprint density at radius 1 is 1.12 bits per heavy atom. The van der Waals surface area contributed by atoms with Gasteiger partial charge in [0.05, 0.1) is 12.8 Å². The molecule has 0 saturated heterocycles. The van der Waals surface area contributed by atoms with E-state index >= 15 is 0 Å². The predicted molar refractivity (Wildman–Crippen MR) is 100.0 cm³/mol. The standard InChI is InChI=1S/C20H17NO3S/c1-23-19-12-15(6-5-11-22)9-10-18(19)24-13-17-14-25-20(21-17)16-7-3-2-4-8-16/h2-12,14H,13H2,1H3. The van der Waals surface area contributed by atoms with Crippen molar-refractivity contribution in [1.82, 2.24) is 4.98 Å². The van der Waals surface area contributed by atoms with Crippen LogP contribution in [0.3, 0.4) is 0 Å². The molecular formula is C20H17NO3S. The minimum atomic E-state index is 0.364. The number of ether oxygens (including phenoxy) is 2. The molecule has 4 nitrogen and oxygen atoms in total. The van der Waals surface area contributed by atoms with Gasteiger partial charge in [-0.2, -0.15) is 0 Å². The molecule has 3 aromatic rings. The molecular weight excluding hydrogens is 334 g/mol. The lowest BCUT2D eigenvalue weighted by Crippen LogP contribution is -1.98. The zero-order valence-corrected chi connectivity index (χ0v) is 14.5. The smallest absolute Gasteiger partial charge is 0.161 e. The second-order valence-electron chi connectivity index (χ2n) is 5.20. The highest BCUT2D eigenvalue weighted by Crippen LogP contribution is 2.30. The lowest BCUT2D eigenvalue weighted by atomic mass is 10.2. The van der Waals surface area contributed by atoms with Crippen LogP contribution in [0.5, 0.6) is 11.5 Å². The third kappa shape index (κ3) is 4.33. The van der Waals surface area contributed by atoms with Crippen LogP contribution in [0.1, 0.15) is 11.3 Å². The summed E-state index contributed by atoms with van der Waals surface area (Å²) in [5.74, 6) is 1.26. The lowest BCUT2D eigenvalue weighted by Gasteiger charge is -2.10. The number of benzene rings is 2. The molecule has 0 aliphatic carbocycles. The molecule has 3 rings (SSSR count). The molecule has 25 heavy (non-hydrogen) atoms. The minimum Gasteiger partial charge on any atom is -0.493 e. The Morgan fingerprint density at radius 3 is 2.72 bits per heavy atom. The first-order chi connectivity index (χ1) is 12.3. The largest absolute Gasteiger partial charge is 0.493 e. The van der Waals surface area contributed by atoms with E-state index in [2.05, 4.69) is 4.98 Å². The predicted octanol–water partition coefficient (Wildman–Crippen LogP) is 4.61. The zero-order valence-electron chi connectivity index (χ0n) is 13.7. The Labute approximate surface area is 150 Å². The van der Waals surface area contributed by atoms with Crippen molar-refractivity contribution in [2.75, 3.05) is 7.11 Å². The van der Waals surface area contributed by atoms with Gasteiger partial charge in [0.15, 0.2) is 11.5 Å². The monoisotopic (exact) mass is 351 g/mol. The number of nitrogens with zero attached hydrogens (tertiary/aromatic N) is 1. The molecule has 0 fully saturated rings. The molecule has 0 spiro atoms. The van der Waals surface area contributed by atoms with Gasteiger partial charge in [-0.05, 0) is 23.8 Å². The number of rotatable bonds is 7. The Hall–Kier alpha value is -2.92. The minimum absolute atomic E-state index is 0.364. The summed E-state index contributed by atoms with van der Waals surface area (Å²) < 4.78 is 11.2. The Kier molecular flexibility index (Phi) is 5.59. The van der Waals surface area contributed by atoms with Gasteiger partial charge in [0, 0.05) is 10.9 Å². The van der Waals surface area contributed by atoms with Crippen LogP contribution in [0.25, 0.3) is 16.6 Å². The van der Waals surface area contributed by atoms with E-state index in [1.54, 1.807) is 24.5 Å². The van der Waals surface area contributed by atoms with Crippen molar-refractivity contribution in [3.05, 3.63) is 71.2 Å². The van der Waals surface area contributed by atoms with Gasteiger partial charge in [-0.1, -0.05) is 42.5 Å². The van der Waals surface area contributed by atoms with E-state index in [1.165, 1.54) is 6.08 Å². The van der Waals surface area contributed by atoms with E-state index in [0.717, 1.165) is 28.1 Å². The van der Waals surface area contributed by atoms with Crippen LogP contribution in [0, 0.1) is 0 Å². The highest BCUT2D eigenvalue weighted by Gasteiger charge is 2.08. The molecule has 0 radical (unpaired) electrons. The van der Waals surface area contributed by atoms with E-state index in [4.69, 9.17) is 9.47 Å². The van der Waals surface area contributed by atoms with Gasteiger partial charge in [0.1, 0.15) is 17.9 Å². The second-order valence-corrected chi connectivity index (χ2v) is 6.06. The fourth-order valence-electron chi connectivity index (χ4n) is 2.30. The summed E-state index contributed by atoms with van der Waals surface area (Å²) in [6.07, 6.45) is 3.89. The molecule has 0 aliphatic heterocycles. The first kappa shape index (κ1) is 16.9. The summed E-state index contributed by atoms with van der Waals surface area (Å²) in [7, 11) is 1.59. The van der Waals surface area contributed by atoms with Crippen molar-refractivity contribution in [3.8, 4) is 22.1 Å². The average molecular weight is 351 g/mol. The molecule has 0 unspecified atom stereocenters. The van der Waals surface area contributed by atoms with Crippen molar-refractivity contribution in [1.29, 1.82) is 0 Å². The van der Waals surface area contributed by atoms with Crippen LogP contribution in [0.2, 0.25) is 0 Å². The fraction of sp³-hybridized carbons (Fsp3) is 0.100. The maximum absolute atomic E-state index is 10.4. The number of thiazole rings is 1. The summed E-state index contributed by atoms with van der Waals surface area (Å²) in [6, 6.07) is 15.6. The maximum atomic E-state index is 10.4. The van der Waals surface area contributed by atoms with E-state index in [-0.39, 0.29) is 0 Å². The van der Waals surface area contributed by atoms with Crippen molar-refractivity contribution < 1.29 is 14.3 Å². The van der Waals surface area contributed by atoms with Crippen LogP contribution < -0.4 is 9.47 Å². The Balaban J connectivity index is 1.70. The molecule has 0 atom stereocenters. The molecule has 1 heterocycles. The van der Waals surface area contributed by atoms with Gasteiger partial charge in [-0.15, -0.1) is 11.3 Å². The molecule has 1 aromatic heterocycles. The molecule has 0 amide bonds. The van der Waals surface area contributed by atoms with E-state index in [1.807, 2.05) is 53.9 Å². The first-order valence-electron chi connectivity index (χ1n) is 7.72. The number of carbonyl (C=O) groups is 1. The first-order valence-corrected chi connectivity index (χ1v) is 8.60. The number of aromatic nitrogens is 1. The number of allylic oxidation sites excluding steroid dienone is 1. The van der Waals surface area contributed by atoms with Crippen LogP contribution >= 0.6 is 11.3 Å². The van der Waals surface area contributed by atoms with Gasteiger partial charge < -0.3 is 9.47 Å². The van der Waals surface area contributed by atoms with Gasteiger partial charge >= 0.3 is 0 Å². The molecule has 126 valence electrons. The molecule has 0 aliphatic rings. The van der Waals surface area contributed by atoms with Crippen molar-refractivity contribution in [3.63, 3.8) is 0 Å². The number of hydrogen-bond donors (Lipinski definition) is 0. The quantitative estimate of drug-likeness (QED) is 0.461. The number of hydrogen-bond acceptors (Lipinski definition) is 5. The SMILES string of the molecule is COc1cc(C=CC=O)ccc1OCc1csc(-c2ccccc2)n1. The van der Waals surface area contributed by atoms with Crippen molar-refractivity contribution in [2.45, 2.75) is 6.61 Å². The van der Waals surface area contributed by atoms with Crippen molar-refractivity contribution in [2.24, 2.45) is 0 Å². The molecule has 0 bridgehead atoms. The second kappa shape index (κ2) is 8.26. The molecule has 5 heteroatoms. The lowest BCUT2D eigenvalue weighted by molar-refractivity contribution is -0.104. The summed E-state index contributed by atoms with van der Waals surface area (Å²) in [5, 5.41) is 2.97. The number of carbonyl (C=O) groups excluding carboxylic acids is 1. The van der Waals surface area contributed by atoms with Gasteiger partial charge in [0.2, 0.25) is 0 Å². The normalized spacial score (nSPS) is 10.8. The van der Waals surface area contributed by atoms with Crippen LogP contribution in [0.4, 0.5) is 0 Å². The molecule has 2 aromatic carbocycles. The summed E-state index contributed by atoms with van der Waals surface area (Å²) >= 11 is 1.59. The van der Waals surface area contributed by atoms with Crippen LogP contribution in [-0.4, -0.2) is 18.4 Å². The van der Waals surface area contributed by atoms with Crippen LogP contribution in [0.15, 0.2) is 60.0 Å². The van der Waals surface area contributed by atoms with Crippen molar-refractivity contribution >= 4 is 23.7 Å². The van der Waals surface area contributed by atoms with E-state index < -0.39 is 0 Å². The Bertz CT molecular complexity index is 872. The zero-order chi connectivity index (χ0) is 17.5. The highest BCUT2D eigenvalue weighted by molar-refractivity contribution is 7.13. The topological polar surface area (TPSA) is 48.4 Å². The van der Waals surface area contributed by atoms with Gasteiger partial charge in [0.25, 0.3) is 0 Å². The summed E-state index contributed by atoms with van der Waals surface area (Å²) in [6.45, 7) is 0.364. The highest BCUT2D eigenvalue weighted by atomic mass is 32.1. The number of aldehydes is 1. The fourth-order valence-corrected chi connectivity index (χ4v) is 3.11. The summed E-state index contributed by atoms with van der Waals surface area (Å²) in [4.78, 5) is 15.0. The third-order valence-electron chi connectivity index (χ3n) is 3.50. The molecule has 0 saturated carbocycles. The number of methoxy groups -OCH3 is 1. The van der Waals surface area contributed by atoms with Crippen LogP contribution in [-0.2, 0) is 11.4 Å². The van der Waals surface area contributed by atoms with E-state index in [9.17, 15) is 4.79 Å². The Morgan fingerprint density at radius 2 is 1.96 bits per heavy atom. The average Bonchev–Trinajstić information content (AvgIpc) is 3.14. The summed E-state index contributed by atoms with van der Waals surface area (Å²) in [5.41, 5.74) is 2.84. The van der Waals surface area contributed by atoms with Gasteiger partial charge in [-0.3, -0.25) is 4.79 Å². The van der Waals surface area contributed by atoms with Gasteiger partial charge in [-0.25, -0.2) is 4.98 Å². The maximum Gasteiger partial charge on any atom is 0.161 e.